The van der Waals surface area contributed by atoms with E-state index in [4.69, 9.17) is 5.73 Å². The molecule has 0 atom stereocenters. The van der Waals surface area contributed by atoms with E-state index in [-0.39, 0.29) is 5.41 Å². The van der Waals surface area contributed by atoms with Crippen LogP contribution < -0.4 is 11.1 Å². The summed E-state index contributed by atoms with van der Waals surface area (Å²) >= 11 is 0. The van der Waals surface area contributed by atoms with Gasteiger partial charge in [-0.05, 0) is 31.2 Å². The standard InChI is InChI=1S/C15H21N3/c16-10-11-18-14-6-8-15(12-17,9-7-14)13-4-2-1-3-5-13/h1-5,14,18H,6-11,16H2. The van der Waals surface area contributed by atoms with Crippen LogP contribution in [0.3, 0.4) is 0 Å². The SMILES string of the molecule is N#CC1(c2ccccc2)CCC(NCCN)CC1. The van der Waals surface area contributed by atoms with Gasteiger partial charge in [-0.3, -0.25) is 0 Å². The first-order valence-corrected chi connectivity index (χ1v) is 6.71. The lowest BCUT2D eigenvalue weighted by atomic mass is 9.69. The molecule has 18 heavy (non-hydrogen) atoms. The van der Waals surface area contributed by atoms with E-state index in [0.717, 1.165) is 32.2 Å². The van der Waals surface area contributed by atoms with E-state index in [1.165, 1.54) is 5.56 Å². The zero-order valence-electron chi connectivity index (χ0n) is 10.7. The number of nitrogens with one attached hydrogen (secondary N) is 1. The highest BCUT2D eigenvalue weighted by Gasteiger charge is 2.36. The van der Waals surface area contributed by atoms with Crippen LogP contribution in [-0.2, 0) is 5.41 Å². The lowest BCUT2D eigenvalue weighted by Crippen LogP contribution is -2.40. The quantitative estimate of drug-likeness (QED) is 0.849. The second-order valence-electron chi connectivity index (χ2n) is 5.08. The first-order chi connectivity index (χ1) is 8.80. The summed E-state index contributed by atoms with van der Waals surface area (Å²) in [6.07, 6.45) is 4.00. The maximum absolute atomic E-state index is 9.57. The van der Waals surface area contributed by atoms with Gasteiger partial charge in [0.1, 0.15) is 0 Å². The van der Waals surface area contributed by atoms with Crippen molar-refractivity contribution in [1.29, 1.82) is 5.26 Å². The van der Waals surface area contributed by atoms with Crippen LogP contribution in [0.25, 0.3) is 0 Å². The highest BCUT2D eigenvalue weighted by molar-refractivity contribution is 5.33. The molecule has 1 aromatic rings. The first kappa shape index (κ1) is 13.1. The predicted molar refractivity (Wildman–Crippen MR) is 73.0 cm³/mol. The van der Waals surface area contributed by atoms with E-state index in [0.29, 0.717) is 12.6 Å². The fourth-order valence-electron chi connectivity index (χ4n) is 2.82. The molecule has 1 aliphatic rings. The summed E-state index contributed by atoms with van der Waals surface area (Å²) in [5.41, 5.74) is 6.40. The van der Waals surface area contributed by atoms with Gasteiger partial charge in [0.2, 0.25) is 0 Å². The van der Waals surface area contributed by atoms with Gasteiger partial charge in [-0.2, -0.15) is 5.26 Å². The zero-order chi connectivity index (χ0) is 12.8. The summed E-state index contributed by atoms with van der Waals surface area (Å²) < 4.78 is 0. The molecule has 0 heterocycles. The van der Waals surface area contributed by atoms with Crippen LogP contribution in [0.4, 0.5) is 0 Å². The van der Waals surface area contributed by atoms with Crippen molar-refractivity contribution in [3.63, 3.8) is 0 Å². The Morgan fingerprint density at radius 3 is 2.50 bits per heavy atom. The minimum absolute atomic E-state index is 0.276. The van der Waals surface area contributed by atoms with Crippen LogP contribution in [-0.4, -0.2) is 19.1 Å². The van der Waals surface area contributed by atoms with Gasteiger partial charge in [-0.1, -0.05) is 30.3 Å². The molecule has 96 valence electrons. The van der Waals surface area contributed by atoms with Crippen LogP contribution in [0.15, 0.2) is 30.3 Å². The lowest BCUT2D eigenvalue weighted by molar-refractivity contribution is 0.297. The van der Waals surface area contributed by atoms with Crippen molar-refractivity contribution < 1.29 is 0 Å². The van der Waals surface area contributed by atoms with Gasteiger partial charge in [0, 0.05) is 19.1 Å². The topological polar surface area (TPSA) is 61.8 Å². The highest BCUT2D eigenvalue weighted by Crippen LogP contribution is 2.38. The zero-order valence-corrected chi connectivity index (χ0v) is 10.7. The maximum Gasteiger partial charge on any atom is 0.0823 e. The molecule has 1 aliphatic carbocycles. The average molecular weight is 243 g/mol. The molecular weight excluding hydrogens is 222 g/mol. The van der Waals surface area contributed by atoms with Gasteiger partial charge in [0.15, 0.2) is 0 Å². The molecule has 0 spiro atoms. The predicted octanol–water partition coefficient (Wildman–Crippen LogP) is 1.94. The monoisotopic (exact) mass is 243 g/mol. The van der Waals surface area contributed by atoms with E-state index >= 15 is 0 Å². The van der Waals surface area contributed by atoms with Gasteiger partial charge >= 0.3 is 0 Å². The molecule has 1 fully saturated rings. The van der Waals surface area contributed by atoms with Crippen molar-refractivity contribution in [1.82, 2.24) is 5.32 Å². The Hall–Kier alpha value is -1.37. The van der Waals surface area contributed by atoms with Crippen molar-refractivity contribution in [2.75, 3.05) is 13.1 Å². The summed E-state index contributed by atoms with van der Waals surface area (Å²) in [4.78, 5) is 0. The maximum atomic E-state index is 9.57. The molecular formula is C15H21N3. The van der Waals surface area contributed by atoms with Crippen molar-refractivity contribution in [2.24, 2.45) is 5.73 Å². The summed E-state index contributed by atoms with van der Waals surface area (Å²) in [6.45, 7) is 1.55. The normalized spacial score (nSPS) is 27.7. The summed E-state index contributed by atoms with van der Waals surface area (Å²) in [7, 11) is 0. The molecule has 0 bridgehead atoms. The summed E-state index contributed by atoms with van der Waals surface area (Å²) in [6, 6.07) is 13.3. The first-order valence-electron chi connectivity index (χ1n) is 6.71. The Morgan fingerprint density at radius 2 is 1.94 bits per heavy atom. The van der Waals surface area contributed by atoms with E-state index in [1.54, 1.807) is 0 Å². The van der Waals surface area contributed by atoms with Crippen LogP contribution in [0.2, 0.25) is 0 Å². The molecule has 0 unspecified atom stereocenters. The van der Waals surface area contributed by atoms with Crippen molar-refractivity contribution in [3.05, 3.63) is 35.9 Å². The van der Waals surface area contributed by atoms with Crippen LogP contribution >= 0.6 is 0 Å². The van der Waals surface area contributed by atoms with Crippen LogP contribution in [0.1, 0.15) is 31.2 Å². The number of nitrogens with zero attached hydrogens (tertiary/aromatic N) is 1. The van der Waals surface area contributed by atoms with E-state index in [1.807, 2.05) is 18.2 Å². The average Bonchev–Trinajstić information content (AvgIpc) is 2.46. The molecule has 3 N–H and O–H groups in total. The lowest BCUT2D eigenvalue weighted by Gasteiger charge is -2.35. The number of nitrogens with two attached hydrogens (primary N) is 1. The number of benzene rings is 1. The second kappa shape index (κ2) is 5.99. The smallest absolute Gasteiger partial charge is 0.0823 e. The Balaban J connectivity index is 2.03. The van der Waals surface area contributed by atoms with Gasteiger partial charge < -0.3 is 11.1 Å². The fourth-order valence-corrected chi connectivity index (χ4v) is 2.82. The second-order valence-corrected chi connectivity index (χ2v) is 5.08. The number of nitriles is 1. The van der Waals surface area contributed by atoms with Gasteiger partial charge in [-0.25, -0.2) is 0 Å². The van der Waals surface area contributed by atoms with Crippen molar-refractivity contribution >= 4 is 0 Å². The van der Waals surface area contributed by atoms with Gasteiger partial charge in [0.05, 0.1) is 11.5 Å². The third-order valence-electron chi connectivity index (χ3n) is 3.96. The molecule has 0 radical (unpaired) electrons. The van der Waals surface area contributed by atoms with Crippen LogP contribution in [0.5, 0.6) is 0 Å². The molecule has 3 nitrogen and oxygen atoms in total. The van der Waals surface area contributed by atoms with E-state index < -0.39 is 0 Å². The van der Waals surface area contributed by atoms with Crippen molar-refractivity contribution in [3.8, 4) is 6.07 Å². The molecule has 0 amide bonds. The Bertz CT molecular complexity index is 399. The van der Waals surface area contributed by atoms with Crippen LogP contribution in [0, 0.1) is 11.3 Å². The van der Waals surface area contributed by atoms with E-state index in [2.05, 4.69) is 23.5 Å². The fraction of sp³-hybridized carbons (Fsp3) is 0.533. The molecule has 2 rings (SSSR count). The minimum atomic E-state index is -0.276. The Morgan fingerprint density at radius 1 is 1.28 bits per heavy atom. The summed E-state index contributed by atoms with van der Waals surface area (Å²) in [5, 5.41) is 13.0. The van der Waals surface area contributed by atoms with Crippen molar-refractivity contribution in [2.45, 2.75) is 37.1 Å². The largest absolute Gasteiger partial charge is 0.329 e. The van der Waals surface area contributed by atoms with E-state index in [9.17, 15) is 5.26 Å². The number of hydrogen-bond acceptors (Lipinski definition) is 3. The number of hydrogen-bond donors (Lipinski definition) is 2. The Labute approximate surface area is 109 Å². The molecule has 0 aliphatic heterocycles. The third-order valence-corrected chi connectivity index (χ3v) is 3.96. The van der Waals surface area contributed by atoms with Gasteiger partial charge in [0.25, 0.3) is 0 Å². The van der Waals surface area contributed by atoms with Gasteiger partial charge in [-0.15, -0.1) is 0 Å². The highest BCUT2D eigenvalue weighted by atomic mass is 14.9. The third kappa shape index (κ3) is 2.72. The minimum Gasteiger partial charge on any atom is -0.329 e. The number of rotatable bonds is 4. The molecule has 1 saturated carbocycles. The summed E-state index contributed by atoms with van der Waals surface area (Å²) in [5.74, 6) is 0. The molecule has 1 aromatic carbocycles. The Kier molecular flexibility index (Phi) is 4.35. The molecule has 3 heteroatoms. The molecule has 0 aromatic heterocycles. The molecule has 0 saturated heterocycles.